The fourth-order valence-electron chi connectivity index (χ4n) is 2.99. The summed E-state index contributed by atoms with van der Waals surface area (Å²) in [6, 6.07) is 8.71. The second-order valence-electron chi connectivity index (χ2n) is 6.42. The first-order valence-corrected chi connectivity index (χ1v) is 10.1. The number of fused-ring (bicyclic) bond motifs is 2. The summed E-state index contributed by atoms with van der Waals surface area (Å²) in [5, 5.41) is 0.898. The van der Waals surface area contributed by atoms with Gasteiger partial charge in [-0.1, -0.05) is 27.5 Å². The van der Waals surface area contributed by atoms with Crippen molar-refractivity contribution in [3.63, 3.8) is 0 Å². The highest BCUT2D eigenvalue weighted by molar-refractivity contribution is 9.10. The van der Waals surface area contributed by atoms with Crippen molar-refractivity contribution in [1.82, 2.24) is 9.55 Å². The average Bonchev–Trinajstić information content (AvgIpc) is 2.72. The lowest BCUT2D eigenvalue weighted by Gasteiger charge is -2.20. The third kappa shape index (κ3) is 4.38. The van der Waals surface area contributed by atoms with Crippen molar-refractivity contribution in [3.05, 3.63) is 62.1 Å². The van der Waals surface area contributed by atoms with Gasteiger partial charge in [-0.25, -0.2) is 4.98 Å². The number of aryl methyl sites for hydroxylation is 1. The highest BCUT2D eigenvalue weighted by atomic mass is 79.9. The summed E-state index contributed by atoms with van der Waals surface area (Å²) in [5.41, 5.74) is 1.09. The third-order valence-electron chi connectivity index (χ3n) is 4.40. The van der Waals surface area contributed by atoms with E-state index in [9.17, 15) is 9.59 Å². The lowest BCUT2D eigenvalue weighted by molar-refractivity contribution is -0.145. The Balaban J connectivity index is 1.38. The van der Waals surface area contributed by atoms with Gasteiger partial charge in [0.15, 0.2) is 11.5 Å². The van der Waals surface area contributed by atoms with E-state index in [1.165, 1.54) is 10.9 Å². The van der Waals surface area contributed by atoms with Crippen LogP contribution >= 0.6 is 27.5 Å². The van der Waals surface area contributed by atoms with E-state index in [1.54, 1.807) is 24.3 Å². The van der Waals surface area contributed by atoms with Crippen LogP contribution in [0.25, 0.3) is 10.9 Å². The maximum Gasteiger partial charge on any atom is 0.307 e. The molecule has 7 nitrogen and oxygen atoms in total. The second kappa shape index (κ2) is 8.42. The number of nitrogens with zero attached hydrogens (tertiary/aromatic N) is 2. The van der Waals surface area contributed by atoms with Crippen LogP contribution in [0.15, 0.2) is 45.9 Å². The molecule has 0 saturated carbocycles. The van der Waals surface area contributed by atoms with Crippen molar-refractivity contribution in [2.45, 2.75) is 19.6 Å². The van der Waals surface area contributed by atoms with Crippen molar-refractivity contribution in [2.24, 2.45) is 0 Å². The Morgan fingerprint density at radius 2 is 2.07 bits per heavy atom. The summed E-state index contributed by atoms with van der Waals surface area (Å²) in [6.45, 7) is 1.11. The highest BCUT2D eigenvalue weighted by Gasteiger charge is 2.17. The van der Waals surface area contributed by atoms with Gasteiger partial charge in [0, 0.05) is 11.0 Å². The summed E-state index contributed by atoms with van der Waals surface area (Å²) in [4.78, 5) is 28.9. The highest BCUT2D eigenvalue weighted by Crippen LogP contribution is 2.38. The molecule has 0 atom stereocenters. The van der Waals surface area contributed by atoms with Gasteiger partial charge in [-0.3, -0.25) is 14.2 Å². The first-order valence-electron chi connectivity index (χ1n) is 8.89. The van der Waals surface area contributed by atoms with Crippen LogP contribution in [0.5, 0.6) is 11.5 Å². The Morgan fingerprint density at radius 1 is 1.24 bits per heavy atom. The van der Waals surface area contributed by atoms with E-state index in [2.05, 4.69) is 20.9 Å². The monoisotopic (exact) mass is 478 g/mol. The molecule has 0 amide bonds. The number of halogens is 2. The number of carbonyl (C=O) groups is 1. The molecule has 150 valence electrons. The minimum Gasteiger partial charge on any atom is -0.486 e. The zero-order valence-electron chi connectivity index (χ0n) is 15.2. The molecule has 0 unspecified atom stereocenters. The minimum atomic E-state index is -0.433. The summed E-state index contributed by atoms with van der Waals surface area (Å²) in [7, 11) is 0. The molecule has 0 N–H and O–H groups in total. The largest absolute Gasteiger partial charge is 0.486 e. The Bertz CT molecular complexity index is 1150. The fourth-order valence-corrected chi connectivity index (χ4v) is 3.63. The number of esters is 1. The number of carbonyl (C=O) groups excluding carboxylic acids is 1. The fraction of sp³-hybridized carbons (Fsp3) is 0.250. The number of hydrogen-bond acceptors (Lipinski definition) is 6. The van der Waals surface area contributed by atoms with E-state index in [4.69, 9.17) is 25.8 Å². The minimum absolute atomic E-state index is 0.0411. The van der Waals surface area contributed by atoms with E-state index >= 15 is 0 Å². The summed E-state index contributed by atoms with van der Waals surface area (Å²) in [5.74, 6) is 0.606. The van der Waals surface area contributed by atoms with Crippen LogP contribution < -0.4 is 15.0 Å². The van der Waals surface area contributed by atoms with Gasteiger partial charge in [0.1, 0.15) is 19.8 Å². The van der Waals surface area contributed by atoms with Crippen LogP contribution in [0.3, 0.4) is 0 Å². The predicted octanol–water partition coefficient (Wildman–Crippen LogP) is 3.72. The van der Waals surface area contributed by atoms with Gasteiger partial charge in [0.2, 0.25) is 0 Å². The topological polar surface area (TPSA) is 79.7 Å². The van der Waals surface area contributed by atoms with Gasteiger partial charge in [-0.2, -0.15) is 0 Å². The van der Waals surface area contributed by atoms with Gasteiger partial charge in [-0.15, -0.1) is 0 Å². The van der Waals surface area contributed by atoms with E-state index in [0.717, 1.165) is 4.47 Å². The molecule has 0 fully saturated rings. The molecular formula is C20H16BrClN2O5. The van der Waals surface area contributed by atoms with Crippen LogP contribution in [-0.2, 0) is 22.7 Å². The lowest BCUT2D eigenvalue weighted by Crippen LogP contribution is -2.22. The molecule has 0 aliphatic carbocycles. The van der Waals surface area contributed by atoms with E-state index < -0.39 is 5.97 Å². The molecule has 1 aromatic heterocycles. The zero-order valence-corrected chi connectivity index (χ0v) is 17.5. The molecule has 0 saturated heterocycles. The molecule has 0 radical (unpaired) electrons. The molecule has 4 rings (SSSR count). The van der Waals surface area contributed by atoms with Gasteiger partial charge < -0.3 is 14.2 Å². The predicted molar refractivity (Wildman–Crippen MR) is 111 cm³/mol. The van der Waals surface area contributed by atoms with Gasteiger partial charge in [0.05, 0.1) is 28.7 Å². The van der Waals surface area contributed by atoms with Crippen LogP contribution in [0.1, 0.15) is 12.0 Å². The van der Waals surface area contributed by atoms with E-state index in [0.29, 0.717) is 46.2 Å². The second-order valence-corrected chi connectivity index (χ2v) is 7.74. The number of aromatic nitrogens is 2. The van der Waals surface area contributed by atoms with Gasteiger partial charge in [-0.05, 0) is 35.9 Å². The van der Waals surface area contributed by atoms with E-state index in [-0.39, 0.29) is 25.1 Å². The Labute approximate surface area is 179 Å². The number of benzene rings is 2. The molecule has 3 aromatic rings. The van der Waals surface area contributed by atoms with Gasteiger partial charge in [0.25, 0.3) is 5.56 Å². The smallest absolute Gasteiger partial charge is 0.307 e. The maximum atomic E-state index is 12.6. The Morgan fingerprint density at radius 3 is 2.93 bits per heavy atom. The van der Waals surface area contributed by atoms with Crippen molar-refractivity contribution in [3.8, 4) is 11.5 Å². The van der Waals surface area contributed by atoms with Crippen molar-refractivity contribution < 1.29 is 19.0 Å². The van der Waals surface area contributed by atoms with Crippen LogP contribution in [0.2, 0.25) is 5.02 Å². The molecule has 29 heavy (non-hydrogen) atoms. The van der Waals surface area contributed by atoms with Crippen molar-refractivity contribution >= 4 is 44.4 Å². The van der Waals surface area contributed by atoms with Crippen molar-refractivity contribution in [2.75, 3.05) is 13.2 Å². The van der Waals surface area contributed by atoms with Crippen molar-refractivity contribution in [1.29, 1.82) is 0 Å². The maximum absolute atomic E-state index is 12.6. The SMILES string of the molecule is O=C(CCn1cnc2ccc(Br)cc2c1=O)OCc1cc(Cl)c2c(c1)OCCO2. The Kier molecular flexibility index (Phi) is 5.73. The summed E-state index contributed by atoms with van der Waals surface area (Å²) < 4.78 is 18.5. The first kappa shape index (κ1) is 19.7. The quantitative estimate of drug-likeness (QED) is 0.519. The first-order chi connectivity index (χ1) is 14.0. The zero-order chi connectivity index (χ0) is 20.4. The number of rotatable bonds is 5. The standard InChI is InChI=1S/C20H16BrClN2O5/c21-13-1-2-16-14(9-13)20(26)24(11-23-16)4-3-18(25)29-10-12-7-15(22)19-17(8-12)27-5-6-28-19/h1-2,7-9,11H,3-6,10H2. The van der Waals surface area contributed by atoms with Crippen LogP contribution in [0, 0.1) is 0 Å². The summed E-state index contributed by atoms with van der Waals surface area (Å²) >= 11 is 9.53. The Hall–Kier alpha value is -2.58. The normalized spacial score (nSPS) is 12.8. The van der Waals surface area contributed by atoms with Crippen LogP contribution in [0.4, 0.5) is 0 Å². The van der Waals surface area contributed by atoms with E-state index in [1.807, 2.05) is 6.07 Å². The molecule has 2 aromatic carbocycles. The van der Waals surface area contributed by atoms with Crippen LogP contribution in [-0.4, -0.2) is 28.7 Å². The number of hydrogen-bond donors (Lipinski definition) is 0. The molecule has 2 heterocycles. The molecule has 0 bridgehead atoms. The third-order valence-corrected chi connectivity index (χ3v) is 5.17. The molecule has 1 aliphatic rings. The number of ether oxygens (including phenoxy) is 3. The van der Waals surface area contributed by atoms with Gasteiger partial charge >= 0.3 is 5.97 Å². The molecule has 1 aliphatic heterocycles. The average molecular weight is 480 g/mol. The lowest BCUT2D eigenvalue weighted by atomic mass is 10.2. The molecule has 0 spiro atoms. The molecular weight excluding hydrogens is 464 g/mol. The molecule has 9 heteroatoms. The summed E-state index contributed by atoms with van der Waals surface area (Å²) in [6.07, 6.45) is 1.48.